The van der Waals surface area contributed by atoms with Crippen molar-refractivity contribution in [2.75, 3.05) is 13.2 Å². The maximum Gasteiger partial charge on any atom is 0.109 e. The number of aromatic nitrogens is 1. The minimum Gasteiger partial charge on any atom is -0.395 e. The van der Waals surface area contributed by atoms with E-state index < -0.39 is 0 Å². The van der Waals surface area contributed by atoms with Gasteiger partial charge in [0.05, 0.1) is 12.6 Å². The average molecular weight is 212 g/mol. The molecule has 14 heavy (non-hydrogen) atoms. The van der Waals surface area contributed by atoms with Gasteiger partial charge >= 0.3 is 0 Å². The van der Waals surface area contributed by atoms with Crippen LogP contribution in [0.3, 0.4) is 0 Å². The molecule has 1 N–H and O–H groups in total. The monoisotopic (exact) mass is 212 g/mol. The van der Waals surface area contributed by atoms with Gasteiger partial charge in [0.25, 0.3) is 0 Å². The molecular formula is C10H16N2OS. The molecule has 0 bridgehead atoms. The summed E-state index contributed by atoms with van der Waals surface area (Å²) >= 11 is 1.70. The van der Waals surface area contributed by atoms with Crippen LogP contribution in [0.25, 0.3) is 0 Å². The molecule has 2 heterocycles. The smallest absolute Gasteiger partial charge is 0.109 e. The van der Waals surface area contributed by atoms with Crippen molar-refractivity contribution in [3.05, 3.63) is 16.6 Å². The summed E-state index contributed by atoms with van der Waals surface area (Å²) in [5.41, 5.74) is 0. The zero-order valence-electron chi connectivity index (χ0n) is 8.39. The zero-order valence-corrected chi connectivity index (χ0v) is 9.20. The molecule has 1 aromatic rings. The summed E-state index contributed by atoms with van der Waals surface area (Å²) in [5, 5.41) is 12.4. The summed E-state index contributed by atoms with van der Waals surface area (Å²) in [6.07, 6.45) is 4.16. The number of aliphatic hydroxyl groups excluding tert-OH is 1. The van der Waals surface area contributed by atoms with Crippen LogP contribution in [0.5, 0.6) is 0 Å². The molecule has 4 heteroatoms. The van der Waals surface area contributed by atoms with Crippen LogP contribution in [-0.4, -0.2) is 34.2 Å². The first-order chi connectivity index (χ1) is 6.83. The summed E-state index contributed by atoms with van der Waals surface area (Å²) in [6, 6.07) is 0.698. The summed E-state index contributed by atoms with van der Waals surface area (Å²) in [4.78, 5) is 6.68. The third-order valence-electron chi connectivity index (χ3n) is 2.94. The molecule has 0 amide bonds. The Labute approximate surface area is 88.4 Å². The van der Waals surface area contributed by atoms with Gasteiger partial charge in [-0.15, -0.1) is 11.3 Å². The highest BCUT2D eigenvalue weighted by molar-refractivity contribution is 7.09. The Morgan fingerprint density at radius 3 is 3.29 bits per heavy atom. The van der Waals surface area contributed by atoms with E-state index in [4.69, 9.17) is 0 Å². The fraction of sp³-hybridized carbons (Fsp3) is 0.700. The first kappa shape index (κ1) is 10.1. The normalized spacial score (nSPS) is 25.4. The van der Waals surface area contributed by atoms with Gasteiger partial charge in [-0.1, -0.05) is 0 Å². The lowest BCUT2D eigenvalue weighted by Gasteiger charge is -2.27. The van der Waals surface area contributed by atoms with Crippen molar-refractivity contribution < 1.29 is 5.11 Å². The van der Waals surface area contributed by atoms with Crippen LogP contribution in [0.1, 0.15) is 30.8 Å². The number of aliphatic hydroxyl groups is 1. The van der Waals surface area contributed by atoms with Crippen LogP contribution in [0.4, 0.5) is 0 Å². The van der Waals surface area contributed by atoms with Gasteiger partial charge in [-0.3, -0.25) is 4.90 Å². The van der Waals surface area contributed by atoms with Crippen molar-refractivity contribution in [1.82, 2.24) is 9.88 Å². The largest absolute Gasteiger partial charge is 0.395 e. The van der Waals surface area contributed by atoms with Crippen LogP contribution in [0, 0.1) is 0 Å². The highest BCUT2D eigenvalue weighted by Crippen LogP contribution is 2.29. The molecular weight excluding hydrogens is 196 g/mol. The Morgan fingerprint density at radius 1 is 1.79 bits per heavy atom. The Morgan fingerprint density at radius 2 is 2.64 bits per heavy atom. The molecule has 0 aromatic carbocycles. The van der Waals surface area contributed by atoms with Crippen LogP contribution in [0.15, 0.2) is 11.6 Å². The third-order valence-corrected chi connectivity index (χ3v) is 3.89. The van der Waals surface area contributed by atoms with Crippen LogP contribution in [-0.2, 0) is 0 Å². The zero-order chi connectivity index (χ0) is 9.97. The molecule has 0 saturated carbocycles. The summed E-state index contributed by atoms with van der Waals surface area (Å²) in [6.45, 7) is 3.54. The Kier molecular flexibility index (Phi) is 3.15. The maximum atomic E-state index is 9.22. The maximum absolute atomic E-state index is 9.22. The molecule has 3 nitrogen and oxygen atoms in total. The molecule has 0 spiro atoms. The number of nitrogens with zero attached hydrogens (tertiary/aromatic N) is 2. The van der Waals surface area contributed by atoms with Crippen molar-refractivity contribution >= 4 is 11.3 Å². The second-order valence-electron chi connectivity index (χ2n) is 3.76. The van der Waals surface area contributed by atoms with Gasteiger partial charge in [0, 0.05) is 17.6 Å². The van der Waals surface area contributed by atoms with E-state index >= 15 is 0 Å². The van der Waals surface area contributed by atoms with Gasteiger partial charge in [0.1, 0.15) is 5.01 Å². The molecule has 1 aliphatic rings. The third kappa shape index (κ3) is 1.82. The average Bonchev–Trinajstić information content (AvgIpc) is 2.87. The van der Waals surface area contributed by atoms with Crippen molar-refractivity contribution in [3.63, 3.8) is 0 Å². The minimum absolute atomic E-state index is 0.274. The quantitative estimate of drug-likeness (QED) is 0.828. The second kappa shape index (κ2) is 4.38. The van der Waals surface area contributed by atoms with Crippen LogP contribution >= 0.6 is 11.3 Å². The molecule has 2 rings (SSSR count). The second-order valence-corrected chi connectivity index (χ2v) is 4.69. The molecule has 1 saturated heterocycles. The number of thiazole rings is 1. The van der Waals surface area contributed by atoms with Crippen molar-refractivity contribution in [2.24, 2.45) is 0 Å². The molecule has 78 valence electrons. The summed E-state index contributed by atoms with van der Waals surface area (Å²) in [7, 11) is 0. The lowest BCUT2D eigenvalue weighted by molar-refractivity contribution is 0.126. The molecule has 1 aromatic heterocycles. The van der Waals surface area contributed by atoms with Gasteiger partial charge in [0.15, 0.2) is 0 Å². The van der Waals surface area contributed by atoms with Crippen molar-refractivity contribution in [2.45, 2.75) is 31.8 Å². The van der Waals surface area contributed by atoms with E-state index in [2.05, 4.69) is 16.8 Å². The van der Waals surface area contributed by atoms with Gasteiger partial charge in [0.2, 0.25) is 0 Å². The minimum atomic E-state index is 0.274. The lowest BCUT2D eigenvalue weighted by Crippen LogP contribution is -2.34. The Balaban J connectivity index is 2.07. The number of likely N-dealkylation sites (tertiary alicyclic amines) is 1. The van der Waals surface area contributed by atoms with Crippen LogP contribution < -0.4 is 0 Å². The van der Waals surface area contributed by atoms with Crippen molar-refractivity contribution in [3.8, 4) is 0 Å². The summed E-state index contributed by atoms with van der Waals surface area (Å²) < 4.78 is 0. The van der Waals surface area contributed by atoms with Gasteiger partial charge in [-0.05, 0) is 26.3 Å². The van der Waals surface area contributed by atoms with Crippen LogP contribution in [0.2, 0.25) is 0 Å². The van der Waals surface area contributed by atoms with Crippen molar-refractivity contribution in [1.29, 1.82) is 0 Å². The van der Waals surface area contributed by atoms with Gasteiger partial charge in [-0.2, -0.15) is 0 Å². The predicted molar refractivity (Wildman–Crippen MR) is 57.3 cm³/mol. The lowest BCUT2D eigenvalue weighted by atomic mass is 10.2. The van der Waals surface area contributed by atoms with E-state index in [-0.39, 0.29) is 6.61 Å². The first-order valence-corrected chi connectivity index (χ1v) is 5.97. The summed E-state index contributed by atoms with van der Waals surface area (Å²) in [5.74, 6) is 0. The van der Waals surface area contributed by atoms with E-state index in [0.29, 0.717) is 12.1 Å². The Bertz CT molecular complexity index is 276. The first-order valence-electron chi connectivity index (χ1n) is 5.09. The molecule has 2 atom stereocenters. The molecule has 0 unspecified atom stereocenters. The van der Waals surface area contributed by atoms with E-state index in [1.54, 1.807) is 11.3 Å². The fourth-order valence-corrected chi connectivity index (χ4v) is 2.86. The fourth-order valence-electron chi connectivity index (χ4n) is 2.15. The standard InChI is InChI=1S/C10H16N2OS/c1-8(10-11-4-6-14-10)12-5-2-3-9(12)7-13/h4,6,8-9,13H,2-3,5,7H2,1H3/t8-,9+/m0/s1. The van der Waals surface area contributed by atoms with E-state index in [0.717, 1.165) is 18.0 Å². The van der Waals surface area contributed by atoms with Gasteiger partial charge in [-0.25, -0.2) is 4.98 Å². The molecule has 0 aliphatic carbocycles. The topological polar surface area (TPSA) is 36.4 Å². The number of hydrogen-bond donors (Lipinski definition) is 1. The SMILES string of the molecule is C[C@@H](c1nccs1)N1CCC[C@@H]1CO. The Hall–Kier alpha value is -0.450. The number of rotatable bonds is 3. The number of hydrogen-bond acceptors (Lipinski definition) is 4. The molecule has 0 radical (unpaired) electrons. The van der Waals surface area contributed by atoms with Gasteiger partial charge < -0.3 is 5.11 Å². The highest BCUT2D eigenvalue weighted by Gasteiger charge is 2.29. The molecule has 1 aliphatic heterocycles. The highest BCUT2D eigenvalue weighted by atomic mass is 32.1. The van der Waals surface area contributed by atoms with E-state index in [9.17, 15) is 5.11 Å². The predicted octanol–water partition coefficient (Wildman–Crippen LogP) is 1.66. The van der Waals surface area contributed by atoms with E-state index in [1.165, 1.54) is 6.42 Å². The molecule has 1 fully saturated rings. The van der Waals surface area contributed by atoms with E-state index in [1.807, 2.05) is 11.6 Å².